The second-order valence-electron chi connectivity index (χ2n) is 6.05. The molecule has 0 amide bonds. The zero-order valence-electron chi connectivity index (χ0n) is 14.0. The molecule has 1 aliphatic rings. The minimum Gasteiger partial charge on any atom is -0.494 e. The minimum absolute atomic E-state index is 0.151. The van der Waals surface area contributed by atoms with Crippen LogP contribution in [0.3, 0.4) is 0 Å². The molecule has 0 radical (unpaired) electrons. The molecule has 0 bridgehead atoms. The number of nitrogens with zero attached hydrogens (tertiary/aromatic N) is 1. The Hall–Kier alpha value is -2.40. The van der Waals surface area contributed by atoms with Gasteiger partial charge in [0.05, 0.1) is 18.4 Å². The number of benzene rings is 2. The van der Waals surface area contributed by atoms with Crippen molar-refractivity contribution in [3.8, 4) is 5.75 Å². The van der Waals surface area contributed by atoms with Crippen LogP contribution in [0.1, 0.15) is 35.2 Å². The highest BCUT2D eigenvalue weighted by atomic mass is 35.5. The van der Waals surface area contributed by atoms with E-state index >= 15 is 0 Å². The van der Waals surface area contributed by atoms with E-state index in [9.17, 15) is 9.90 Å². The Kier molecular flexibility index (Phi) is 5.34. The molecule has 5 nitrogen and oxygen atoms in total. The molecule has 2 N–H and O–H groups in total. The Morgan fingerprint density at radius 1 is 1.24 bits per heavy atom. The summed E-state index contributed by atoms with van der Waals surface area (Å²) < 4.78 is 6.89. The zero-order valence-corrected chi connectivity index (χ0v) is 14.8. The van der Waals surface area contributed by atoms with E-state index in [1.54, 1.807) is 17.6 Å². The monoisotopic (exact) mass is 360 g/mol. The van der Waals surface area contributed by atoms with Gasteiger partial charge in [-0.1, -0.05) is 30.3 Å². The summed E-state index contributed by atoms with van der Waals surface area (Å²) in [4.78, 5) is 11.4. The van der Waals surface area contributed by atoms with Crippen molar-refractivity contribution in [1.82, 2.24) is 0 Å². The van der Waals surface area contributed by atoms with Gasteiger partial charge < -0.3 is 15.2 Å². The van der Waals surface area contributed by atoms with Crippen molar-refractivity contribution in [3.63, 3.8) is 0 Å². The first kappa shape index (κ1) is 17.4. The number of fused-ring (bicyclic) bond motifs is 1. The van der Waals surface area contributed by atoms with Crippen molar-refractivity contribution >= 4 is 29.1 Å². The average Bonchev–Trinajstić information content (AvgIpc) is 2.95. The highest BCUT2D eigenvalue weighted by molar-refractivity contribution is 6.29. The molecule has 6 heteroatoms. The number of carboxylic acids is 1. The summed E-state index contributed by atoms with van der Waals surface area (Å²) in [6, 6.07) is 13.5. The predicted octanol–water partition coefficient (Wildman–Crippen LogP) is 4.52. The number of carbonyl (C=O) groups is 1. The number of ether oxygens (including phenoxy) is 1. The fourth-order valence-electron chi connectivity index (χ4n) is 3.15. The summed E-state index contributed by atoms with van der Waals surface area (Å²) >= 11 is 6.46. The maximum atomic E-state index is 11.4. The molecule has 0 aliphatic carbocycles. The lowest BCUT2D eigenvalue weighted by Crippen LogP contribution is -2.28. The van der Waals surface area contributed by atoms with Crippen LogP contribution in [0, 0.1) is 0 Å². The third kappa shape index (κ3) is 3.66. The third-order valence-electron chi connectivity index (χ3n) is 4.43. The van der Waals surface area contributed by atoms with Crippen LogP contribution in [-0.4, -0.2) is 24.4 Å². The number of hydrogen-bond acceptors (Lipinski definition) is 4. The number of methoxy groups -OCH3 is 1. The minimum atomic E-state index is -0.985. The largest absolute Gasteiger partial charge is 0.494 e. The normalized spacial score (nSPS) is 15.6. The number of aryl methyl sites for hydroxylation is 1. The molecule has 132 valence electrons. The van der Waals surface area contributed by atoms with E-state index in [1.807, 2.05) is 18.2 Å². The van der Waals surface area contributed by atoms with E-state index in [-0.39, 0.29) is 11.7 Å². The van der Waals surface area contributed by atoms with Crippen molar-refractivity contribution < 1.29 is 14.6 Å². The van der Waals surface area contributed by atoms with Crippen LogP contribution in [-0.2, 0) is 6.42 Å². The van der Waals surface area contributed by atoms with Gasteiger partial charge in [-0.05, 0) is 43.4 Å². The van der Waals surface area contributed by atoms with Gasteiger partial charge in [-0.2, -0.15) is 0 Å². The fraction of sp³-hybridized carbons (Fsp3) is 0.316. The van der Waals surface area contributed by atoms with Gasteiger partial charge in [-0.25, -0.2) is 4.79 Å². The molecule has 2 aromatic rings. The first-order valence-corrected chi connectivity index (χ1v) is 8.65. The van der Waals surface area contributed by atoms with Gasteiger partial charge in [0.1, 0.15) is 17.6 Å². The zero-order chi connectivity index (χ0) is 17.8. The van der Waals surface area contributed by atoms with E-state index in [0.717, 1.165) is 25.7 Å². The van der Waals surface area contributed by atoms with Crippen LogP contribution >= 0.6 is 11.8 Å². The molecular formula is C19H21ClN2O3. The molecule has 25 heavy (non-hydrogen) atoms. The highest BCUT2D eigenvalue weighted by Crippen LogP contribution is 2.46. The summed E-state index contributed by atoms with van der Waals surface area (Å²) in [6.07, 6.45) is 3.71. The van der Waals surface area contributed by atoms with Gasteiger partial charge in [0.2, 0.25) is 0 Å². The number of nitrogens with one attached hydrogen (secondary N) is 1. The van der Waals surface area contributed by atoms with Gasteiger partial charge in [-0.3, -0.25) is 4.42 Å². The Morgan fingerprint density at radius 3 is 2.68 bits per heavy atom. The van der Waals surface area contributed by atoms with Crippen LogP contribution in [0.5, 0.6) is 5.75 Å². The Morgan fingerprint density at radius 2 is 2.00 bits per heavy atom. The molecule has 3 rings (SSSR count). The maximum Gasteiger partial charge on any atom is 0.337 e. The summed E-state index contributed by atoms with van der Waals surface area (Å²) in [5.74, 6) is -0.421. The average molecular weight is 361 g/mol. The molecule has 0 fully saturated rings. The number of hydrogen-bond donors (Lipinski definition) is 2. The smallest absolute Gasteiger partial charge is 0.337 e. The Balaban J connectivity index is 1.65. The lowest BCUT2D eigenvalue weighted by atomic mass is 10.1. The van der Waals surface area contributed by atoms with Gasteiger partial charge in [0.15, 0.2) is 0 Å². The molecule has 1 aliphatic heterocycles. The summed E-state index contributed by atoms with van der Waals surface area (Å²) in [7, 11) is 1.55. The number of aromatic carboxylic acids is 1. The summed E-state index contributed by atoms with van der Waals surface area (Å²) in [6.45, 7) is 0. The van der Waals surface area contributed by atoms with Gasteiger partial charge in [0.25, 0.3) is 0 Å². The van der Waals surface area contributed by atoms with Crippen LogP contribution < -0.4 is 14.5 Å². The molecule has 0 aromatic heterocycles. The van der Waals surface area contributed by atoms with Gasteiger partial charge in [-0.15, -0.1) is 0 Å². The number of rotatable bonds is 7. The maximum absolute atomic E-state index is 11.4. The van der Waals surface area contributed by atoms with Crippen LogP contribution in [0.15, 0.2) is 42.5 Å². The van der Waals surface area contributed by atoms with E-state index in [0.29, 0.717) is 17.1 Å². The van der Waals surface area contributed by atoms with E-state index in [1.165, 1.54) is 11.6 Å². The van der Waals surface area contributed by atoms with Gasteiger partial charge in [0, 0.05) is 11.8 Å². The molecule has 1 unspecified atom stereocenters. The molecule has 0 saturated heterocycles. The molecular weight excluding hydrogens is 340 g/mol. The number of unbranched alkanes of at least 4 members (excludes halogenated alkanes) is 1. The molecule has 0 saturated carbocycles. The van der Waals surface area contributed by atoms with E-state index in [4.69, 9.17) is 16.5 Å². The lowest BCUT2D eigenvalue weighted by Gasteiger charge is -2.19. The Labute approximate surface area is 152 Å². The molecule has 2 aromatic carbocycles. The quantitative estimate of drug-likeness (QED) is 0.561. The SMILES string of the molecule is COc1ccc(C(=O)O)c2c1N(Cl)C(CCCCc1ccccc1)N2. The predicted molar refractivity (Wildman–Crippen MR) is 99.7 cm³/mol. The van der Waals surface area contributed by atoms with Crippen molar-refractivity contribution in [3.05, 3.63) is 53.6 Å². The third-order valence-corrected chi connectivity index (χ3v) is 4.83. The van der Waals surface area contributed by atoms with Crippen molar-refractivity contribution in [1.29, 1.82) is 0 Å². The second-order valence-corrected chi connectivity index (χ2v) is 6.41. The number of carboxylic acid groups (broad SMARTS) is 1. The van der Waals surface area contributed by atoms with Crippen LogP contribution in [0.2, 0.25) is 0 Å². The van der Waals surface area contributed by atoms with Gasteiger partial charge >= 0.3 is 5.97 Å². The number of anilines is 2. The molecule has 0 spiro atoms. The highest BCUT2D eigenvalue weighted by Gasteiger charge is 2.33. The van der Waals surface area contributed by atoms with Crippen molar-refractivity contribution in [2.75, 3.05) is 16.8 Å². The molecule has 1 atom stereocenters. The summed E-state index contributed by atoms with van der Waals surface area (Å²) in [5.41, 5.74) is 2.64. The van der Waals surface area contributed by atoms with E-state index in [2.05, 4.69) is 17.4 Å². The van der Waals surface area contributed by atoms with E-state index < -0.39 is 5.97 Å². The number of halogens is 1. The van der Waals surface area contributed by atoms with Crippen molar-refractivity contribution in [2.45, 2.75) is 31.8 Å². The second kappa shape index (κ2) is 7.66. The first-order valence-electron chi connectivity index (χ1n) is 8.31. The standard InChI is InChI=1S/C19H21ClN2O3/c1-25-15-12-11-14(19(23)24)17-18(15)22(20)16(21-17)10-6-5-9-13-7-3-2-4-8-13/h2-4,7-8,11-12,16,21H,5-6,9-10H2,1H3,(H,23,24). The van der Waals surface area contributed by atoms with Crippen LogP contribution in [0.25, 0.3) is 0 Å². The fourth-order valence-corrected chi connectivity index (χ4v) is 3.46. The molecule has 1 heterocycles. The topological polar surface area (TPSA) is 61.8 Å². The first-order chi connectivity index (χ1) is 12.1. The Bertz CT molecular complexity index is 752. The van der Waals surface area contributed by atoms with Crippen LogP contribution in [0.4, 0.5) is 11.4 Å². The van der Waals surface area contributed by atoms with Crippen molar-refractivity contribution in [2.24, 2.45) is 0 Å². The summed E-state index contributed by atoms with van der Waals surface area (Å²) in [5, 5.41) is 12.6. The lowest BCUT2D eigenvalue weighted by molar-refractivity contribution is 0.0698.